The minimum absolute atomic E-state index is 0.127. The van der Waals surface area contributed by atoms with Gasteiger partial charge in [-0.05, 0) is 30.2 Å². The molecule has 3 aromatic heterocycles. The number of aromatic nitrogens is 5. The number of imidazole rings is 1. The summed E-state index contributed by atoms with van der Waals surface area (Å²) in [5.41, 5.74) is 3.53. The van der Waals surface area contributed by atoms with Crippen molar-refractivity contribution in [1.82, 2.24) is 39.9 Å². The van der Waals surface area contributed by atoms with Gasteiger partial charge in [0.1, 0.15) is 11.7 Å². The van der Waals surface area contributed by atoms with Crippen LogP contribution in [0.15, 0.2) is 55.1 Å². The highest BCUT2D eigenvalue weighted by atomic mass is 16.2. The molecule has 0 radical (unpaired) electrons. The average molecular weight is 484 g/mol. The summed E-state index contributed by atoms with van der Waals surface area (Å²) in [5.74, 6) is -1.46. The van der Waals surface area contributed by atoms with Crippen molar-refractivity contribution in [3.8, 4) is 5.69 Å². The fraction of sp³-hybridized carbons (Fsp3) is 0.208. The van der Waals surface area contributed by atoms with Gasteiger partial charge in [0.05, 0.1) is 11.9 Å². The molecular formula is C24H20N8O4. The van der Waals surface area contributed by atoms with Gasteiger partial charge in [-0.25, -0.2) is 9.67 Å². The SMILES string of the molecule is O=C1CCC(N2Cc3ccc(-n4cc(C(=O)NCc5cccn6ccnc56)nn4)cc3C2=O)C(=O)N1. The molecule has 0 saturated carbocycles. The fourth-order valence-corrected chi connectivity index (χ4v) is 4.59. The number of nitrogens with zero attached hydrogens (tertiary/aromatic N) is 6. The minimum Gasteiger partial charge on any atom is -0.346 e. The van der Waals surface area contributed by atoms with E-state index in [2.05, 4.69) is 25.9 Å². The van der Waals surface area contributed by atoms with Crippen LogP contribution in [0.2, 0.25) is 0 Å². The predicted octanol–water partition coefficient (Wildman–Crippen LogP) is 0.606. The first-order valence-electron chi connectivity index (χ1n) is 11.4. The van der Waals surface area contributed by atoms with Crippen LogP contribution in [0, 0.1) is 0 Å². The molecule has 0 bridgehead atoms. The number of hydrogen-bond acceptors (Lipinski definition) is 7. The van der Waals surface area contributed by atoms with E-state index < -0.39 is 17.9 Å². The number of fused-ring (bicyclic) bond motifs is 2. The number of rotatable bonds is 5. The Balaban J connectivity index is 1.16. The molecule has 5 heterocycles. The zero-order chi connectivity index (χ0) is 24.8. The normalized spacial score (nSPS) is 17.4. The summed E-state index contributed by atoms with van der Waals surface area (Å²) in [6.45, 7) is 0.561. The van der Waals surface area contributed by atoms with Crippen LogP contribution in [-0.4, -0.2) is 58.9 Å². The van der Waals surface area contributed by atoms with Gasteiger partial charge in [0.2, 0.25) is 11.8 Å². The Morgan fingerprint density at radius 1 is 1.17 bits per heavy atom. The van der Waals surface area contributed by atoms with E-state index in [4.69, 9.17) is 0 Å². The van der Waals surface area contributed by atoms with E-state index in [1.54, 1.807) is 24.4 Å². The molecule has 1 unspecified atom stereocenters. The molecule has 1 saturated heterocycles. The number of benzene rings is 1. The minimum atomic E-state index is -0.680. The van der Waals surface area contributed by atoms with Crippen LogP contribution in [0.1, 0.15) is 44.8 Å². The van der Waals surface area contributed by atoms with Crippen molar-refractivity contribution in [2.75, 3.05) is 0 Å². The zero-order valence-corrected chi connectivity index (χ0v) is 18.9. The van der Waals surface area contributed by atoms with Crippen LogP contribution < -0.4 is 10.6 Å². The smallest absolute Gasteiger partial charge is 0.273 e. The molecule has 4 aromatic rings. The van der Waals surface area contributed by atoms with Gasteiger partial charge < -0.3 is 14.6 Å². The van der Waals surface area contributed by atoms with Gasteiger partial charge >= 0.3 is 0 Å². The van der Waals surface area contributed by atoms with Crippen molar-refractivity contribution < 1.29 is 19.2 Å². The molecule has 180 valence electrons. The van der Waals surface area contributed by atoms with E-state index in [1.807, 2.05) is 28.9 Å². The third-order valence-corrected chi connectivity index (χ3v) is 6.44. The second kappa shape index (κ2) is 8.41. The predicted molar refractivity (Wildman–Crippen MR) is 124 cm³/mol. The molecular weight excluding hydrogens is 464 g/mol. The van der Waals surface area contributed by atoms with Crippen molar-refractivity contribution >= 4 is 29.3 Å². The Labute approximate surface area is 203 Å². The number of pyridine rings is 1. The third-order valence-electron chi connectivity index (χ3n) is 6.44. The van der Waals surface area contributed by atoms with Gasteiger partial charge in [0.15, 0.2) is 5.69 Å². The van der Waals surface area contributed by atoms with Crippen LogP contribution in [-0.2, 0) is 22.7 Å². The first-order chi connectivity index (χ1) is 17.5. The van der Waals surface area contributed by atoms with Gasteiger partial charge in [-0.1, -0.05) is 17.3 Å². The molecule has 1 atom stereocenters. The van der Waals surface area contributed by atoms with Crippen LogP contribution in [0.5, 0.6) is 0 Å². The number of carbonyl (C=O) groups excluding carboxylic acids is 4. The Kier molecular flexibility index (Phi) is 5.06. The fourth-order valence-electron chi connectivity index (χ4n) is 4.59. The lowest BCUT2D eigenvalue weighted by Crippen LogP contribution is -2.52. The molecule has 6 rings (SSSR count). The van der Waals surface area contributed by atoms with E-state index in [-0.39, 0.29) is 37.0 Å². The average Bonchev–Trinajstić information content (AvgIpc) is 3.62. The molecule has 0 spiro atoms. The van der Waals surface area contributed by atoms with Crippen molar-refractivity contribution in [2.24, 2.45) is 0 Å². The highest BCUT2D eigenvalue weighted by Crippen LogP contribution is 2.29. The van der Waals surface area contributed by atoms with Gasteiger partial charge in [-0.2, -0.15) is 0 Å². The lowest BCUT2D eigenvalue weighted by Gasteiger charge is -2.29. The lowest BCUT2D eigenvalue weighted by molar-refractivity contribution is -0.136. The highest BCUT2D eigenvalue weighted by Gasteiger charge is 2.39. The summed E-state index contributed by atoms with van der Waals surface area (Å²) in [7, 11) is 0. The highest BCUT2D eigenvalue weighted by molar-refractivity contribution is 6.05. The van der Waals surface area contributed by atoms with Gasteiger partial charge in [-0.15, -0.1) is 5.10 Å². The molecule has 36 heavy (non-hydrogen) atoms. The summed E-state index contributed by atoms with van der Waals surface area (Å²) in [5, 5.41) is 13.1. The maximum Gasteiger partial charge on any atom is 0.273 e. The summed E-state index contributed by atoms with van der Waals surface area (Å²) in [4.78, 5) is 55.2. The van der Waals surface area contributed by atoms with Crippen molar-refractivity contribution in [2.45, 2.75) is 32.0 Å². The number of nitrogens with one attached hydrogen (secondary N) is 2. The molecule has 12 heteroatoms. The number of imide groups is 1. The summed E-state index contributed by atoms with van der Waals surface area (Å²) >= 11 is 0. The van der Waals surface area contributed by atoms with Crippen LogP contribution >= 0.6 is 0 Å². The van der Waals surface area contributed by atoms with E-state index in [0.29, 0.717) is 17.7 Å². The van der Waals surface area contributed by atoms with Crippen LogP contribution in [0.4, 0.5) is 0 Å². The first kappa shape index (κ1) is 21.6. The second-order valence-electron chi connectivity index (χ2n) is 8.66. The molecule has 0 aliphatic carbocycles. The molecule has 1 fully saturated rings. The Hall–Kier alpha value is -4.87. The summed E-state index contributed by atoms with van der Waals surface area (Å²) in [6, 6.07) is 8.32. The number of hydrogen-bond donors (Lipinski definition) is 2. The van der Waals surface area contributed by atoms with Crippen molar-refractivity contribution in [3.63, 3.8) is 0 Å². The van der Waals surface area contributed by atoms with Crippen LogP contribution in [0.25, 0.3) is 11.3 Å². The zero-order valence-electron chi connectivity index (χ0n) is 18.9. The molecule has 12 nitrogen and oxygen atoms in total. The van der Waals surface area contributed by atoms with E-state index in [0.717, 1.165) is 16.8 Å². The Morgan fingerprint density at radius 3 is 2.92 bits per heavy atom. The number of amides is 4. The van der Waals surface area contributed by atoms with Crippen LogP contribution in [0.3, 0.4) is 0 Å². The maximum atomic E-state index is 13.1. The molecule has 2 aliphatic rings. The number of piperidine rings is 1. The molecule has 2 N–H and O–H groups in total. The van der Waals surface area contributed by atoms with Gasteiger partial charge in [0.25, 0.3) is 11.8 Å². The van der Waals surface area contributed by atoms with E-state index in [1.165, 1.54) is 15.8 Å². The van der Waals surface area contributed by atoms with Gasteiger partial charge in [0, 0.05) is 49.2 Å². The Bertz CT molecular complexity index is 1550. The molecule has 4 amide bonds. The number of carbonyl (C=O) groups is 4. The second-order valence-corrected chi connectivity index (χ2v) is 8.66. The van der Waals surface area contributed by atoms with E-state index in [9.17, 15) is 19.2 Å². The molecule has 1 aromatic carbocycles. The van der Waals surface area contributed by atoms with Crippen molar-refractivity contribution in [1.29, 1.82) is 0 Å². The maximum absolute atomic E-state index is 13.1. The van der Waals surface area contributed by atoms with E-state index >= 15 is 0 Å². The Morgan fingerprint density at radius 2 is 2.06 bits per heavy atom. The topological polar surface area (TPSA) is 144 Å². The third kappa shape index (κ3) is 3.68. The van der Waals surface area contributed by atoms with Gasteiger partial charge in [-0.3, -0.25) is 24.5 Å². The largest absolute Gasteiger partial charge is 0.346 e. The monoisotopic (exact) mass is 484 g/mol. The van der Waals surface area contributed by atoms with Crippen molar-refractivity contribution in [3.05, 3.63) is 77.5 Å². The standard InChI is InChI=1S/C24H20N8O4/c33-20-6-5-19(23(35)27-20)31-12-15-3-4-16(10-17(15)24(31)36)32-13-18(28-29-32)22(34)26-11-14-2-1-8-30-9-7-25-21(14)30/h1-4,7-10,13,19H,5-6,11-12H2,(H,26,34)(H,27,33,35). The summed E-state index contributed by atoms with van der Waals surface area (Å²) in [6.07, 6.45) is 7.39. The quantitative estimate of drug-likeness (QED) is 0.395. The first-order valence-corrected chi connectivity index (χ1v) is 11.4. The lowest BCUT2D eigenvalue weighted by atomic mass is 10.0. The summed E-state index contributed by atoms with van der Waals surface area (Å²) < 4.78 is 3.29. The molecule has 2 aliphatic heterocycles.